The third-order valence-corrected chi connectivity index (χ3v) is 6.82. The van der Waals surface area contributed by atoms with Gasteiger partial charge >= 0.3 is 0 Å². The Morgan fingerprint density at radius 2 is 1.82 bits per heavy atom. The number of imide groups is 1. The average molecular weight is 459 g/mol. The van der Waals surface area contributed by atoms with Crippen molar-refractivity contribution in [1.29, 1.82) is 0 Å². The van der Waals surface area contributed by atoms with Crippen LogP contribution in [-0.4, -0.2) is 52.9 Å². The Balaban J connectivity index is 1.59. The van der Waals surface area contributed by atoms with E-state index in [0.29, 0.717) is 18.0 Å². The lowest BCUT2D eigenvalue weighted by Gasteiger charge is -2.31. The number of hydrogen-bond donors (Lipinski definition) is 1. The molecule has 1 aromatic rings. The van der Waals surface area contributed by atoms with Crippen molar-refractivity contribution in [2.45, 2.75) is 38.3 Å². The summed E-state index contributed by atoms with van der Waals surface area (Å²) in [6, 6.07) is 5.38. The van der Waals surface area contributed by atoms with Gasteiger partial charge in [0, 0.05) is 31.3 Å². The van der Waals surface area contributed by atoms with Crippen LogP contribution in [0, 0.1) is 5.92 Å². The fraction of sp³-hybridized carbons (Fsp3) is 0.333. The van der Waals surface area contributed by atoms with Crippen LogP contribution in [0.15, 0.2) is 71.9 Å². The maximum absolute atomic E-state index is 13.4. The SMILES string of the molecule is C=CC1=C(C=C)C(=O)N(C[C@H](CCC2CC2)N2Cc3cc(C(/C=C\N)=NC)ccc3C2=O)C1=O. The fourth-order valence-electron chi connectivity index (χ4n) is 4.75. The van der Waals surface area contributed by atoms with E-state index in [2.05, 4.69) is 18.2 Å². The van der Waals surface area contributed by atoms with Crippen LogP contribution < -0.4 is 5.73 Å². The molecule has 0 aromatic heterocycles. The minimum absolute atomic E-state index is 0.0772. The Labute approximate surface area is 200 Å². The molecule has 2 N–H and O–H groups in total. The van der Waals surface area contributed by atoms with Crippen molar-refractivity contribution in [3.63, 3.8) is 0 Å². The van der Waals surface area contributed by atoms with Crippen LogP contribution in [0.4, 0.5) is 0 Å². The normalized spacial score (nSPS) is 19.4. The van der Waals surface area contributed by atoms with Gasteiger partial charge in [-0.1, -0.05) is 44.2 Å². The van der Waals surface area contributed by atoms with Crippen LogP contribution >= 0.6 is 0 Å². The average Bonchev–Trinajstić information content (AvgIpc) is 3.57. The van der Waals surface area contributed by atoms with Crippen molar-refractivity contribution in [2.24, 2.45) is 16.6 Å². The quantitative estimate of drug-likeness (QED) is 0.430. The monoisotopic (exact) mass is 458 g/mol. The van der Waals surface area contributed by atoms with Gasteiger partial charge in [-0.2, -0.15) is 0 Å². The smallest absolute Gasteiger partial charge is 0.261 e. The number of amides is 3. The molecule has 1 atom stereocenters. The number of allylic oxidation sites excluding steroid dienone is 1. The lowest BCUT2D eigenvalue weighted by atomic mass is 10.0. The highest BCUT2D eigenvalue weighted by atomic mass is 16.2. The van der Waals surface area contributed by atoms with E-state index in [-0.39, 0.29) is 41.5 Å². The molecule has 1 aliphatic carbocycles. The van der Waals surface area contributed by atoms with Crippen molar-refractivity contribution in [3.8, 4) is 0 Å². The number of carbonyl (C=O) groups is 3. The fourth-order valence-corrected chi connectivity index (χ4v) is 4.75. The molecule has 0 unspecified atom stereocenters. The molecule has 0 saturated heterocycles. The second kappa shape index (κ2) is 9.63. The van der Waals surface area contributed by atoms with E-state index < -0.39 is 0 Å². The largest absolute Gasteiger partial charge is 0.405 e. The van der Waals surface area contributed by atoms with Crippen LogP contribution in [0.25, 0.3) is 0 Å². The maximum atomic E-state index is 13.4. The summed E-state index contributed by atoms with van der Waals surface area (Å²) in [4.78, 5) is 46.5. The topological polar surface area (TPSA) is 96.1 Å². The predicted octanol–water partition coefficient (Wildman–Crippen LogP) is 3.13. The summed E-state index contributed by atoms with van der Waals surface area (Å²) in [5, 5.41) is 0. The highest BCUT2D eigenvalue weighted by molar-refractivity contribution is 6.22. The van der Waals surface area contributed by atoms with E-state index in [9.17, 15) is 14.4 Å². The molecule has 7 nitrogen and oxygen atoms in total. The first-order valence-electron chi connectivity index (χ1n) is 11.6. The molecule has 3 aliphatic rings. The zero-order chi connectivity index (χ0) is 24.4. The summed E-state index contributed by atoms with van der Waals surface area (Å²) in [5.41, 5.74) is 9.23. The first-order valence-corrected chi connectivity index (χ1v) is 11.6. The van der Waals surface area contributed by atoms with Gasteiger partial charge < -0.3 is 10.6 Å². The van der Waals surface area contributed by atoms with Crippen LogP contribution in [0.3, 0.4) is 0 Å². The van der Waals surface area contributed by atoms with Gasteiger partial charge in [0.15, 0.2) is 0 Å². The Hall–Kier alpha value is -3.74. The number of carbonyl (C=O) groups excluding carboxylic acids is 3. The molecule has 7 heteroatoms. The number of hydrogen-bond acceptors (Lipinski definition) is 5. The van der Waals surface area contributed by atoms with Gasteiger partial charge in [-0.25, -0.2) is 0 Å². The van der Waals surface area contributed by atoms with Gasteiger partial charge in [0.05, 0.1) is 22.9 Å². The second-order valence-corrected chi connectivity index (χ2v) is 8.90. The summed E-state index contributed by atoms with van der Waals surface area (Å²) in [7, 11) is 1.70. The van der Waals surface area contributed by atoms with Crippen LogP contribution in [0.5, 0.6) is 0 Å². The standard InChI is InChI=1S/C27H30N4O3/c1-4-21-22(5-2)26(33)31(25(21)32)16-20(10-8-17-6-7-17)30-15-19-14-18(24(29-3)12-13-28)9-11-23(19)27(30)34/h4-5,9,11-14,17,20H,1-2,6-8,10,15-16,28H2,3H3/b13-12-,29-24?/t20-/m0/s1. The number of fused-ring (bicyclic) bond motifs is 1. The molecule has 176 valence electrons. The van der Waals surface area contributed by atoms with Crippen molar-refractivity contribution < 1.29 is 14.4 Å². The van der Waals surface area contributed by atoms with E-state index in [1.165, 1.54) is 36.1 Å². The first kappa shape index (κ1) is 23.4. The van der Waals surface area contributed by atoms with Gasteiger partial charge in [0.1, 0.15) is 0 Å². The van der Waals surface area contributed by atoms with Gasteiger partial charge in [-0.05, 0) is 48.7 Å². The lowest BCUT2D eigenvalue weighted by molar-refractivity contribution is -0.138. The van der Waals surface area contributed by atoms with E-state index >= 15 is 0 Å². The summed E-state index contributed by atoms with van der Waals surface area (Å²) in [6.45, 7) is 7.93. The summed E-state index contributed by atoms with van der Waals surface area (Å²) in [6.07, 6.45) is 10.1. The van der Waals surface area contributed by atoms with Crippen LogP contribution in [0.2, 0.25) is 0 Å². The van der Waals surface area contributed by atoms with Crippen LogP contribution in [-0.2, 0) is 16.1 Å². The molecule has 0 spiro atoms. The molecule has 3 amide bonds. The molecule has 0 bridgehead atoms. The van der Waals surface area contributed by atoms with Crippen LogP contribution in [0.1, 0.15) is 47.2 Å². The lowest BCUT2D eigenvalue weighted by Crippen LogP contribution is -2.46. The number of rotatable bonds is 10. The van der Waals surface area contributed by atoms with E-state index in [0.717, 1.165) is 29.7 Å². The number of nitrogens with two attached hydrogens (primary N) is 1. The minimum atomic E-state index is -0.380. The number of aliphatic imine (C=N–C) groups is 1. The Kier molecular flexibility index (Phi) is 6.63. The summed E-state index contributed by atoms with van der Waals surface area (Å²) >= 11 is 0. The van der Waals surface area contributed by atoms with Crippen molar-refractivity contribution in [1.82, 2.24) is 9.80 Å². The zero-order valence-corrected chi connectivity index (χ0v) is 19.5. The molecule has 2 heterocycles. The van der Waals surface area contributed by atoms with Gasteiger partial charge in [-0.3, -0.25) is 24.3 Å². The third-order valence-electron chi connectivity index (χ3n) is 6.82. The molecule has 4 rings (SSSR count). The summed E-state index contributed by atoms with van der Waals surface area (Å²) in [5.74, 6) is -0.173. The highest BCUT2D eigenvalue weighted by Gasteiger charge is 2.40. The first-order chi connectivity index (χ1) is 16.4. The van der Waals surface area contributed by atoms with E-state index in [1.54, 1.807) is 18.0 Å². The van der Waals surface area contributed by atoms with Gasteiger partial charge in [-0.15, -0.1) is 0 Å². The second-order valence-electron chi connectivity index (χ2n) is 8.90. The summed E-state index contributed by atoms with van der Waals surface area (Å²) < 4.78 is 0. The molecule has 34 heavy (non-hydrogen) atoms. The molecular weight excluding hydrogens is 428 g/mol. The van der Waals surface area contributed by atoms with Gasteiger partial charge in [0.25, 0.3) is 17.7 Å². The Bertz CT molecular complexity index is 1130. The molecular formula is C27H30N4O3. The third kappa shape index (κ3) is 4.25. The van der Waals surface area contributed by atoms with Crippen molar-refractivity contribution in [3.05, 3.63) is 83.6 Å². The van der Waals surface area contributed by atoms with Crippen molar-refractivity contribution >= 4 is 23.4 Å². The molecule has 1 fully saturated rings. The predicted molar refractivity (Wildman–Crippen MR) is 132 cm³/mol. The van der Waals surface area contributed by atoms with E-state index in [4.69, 9.17) is 5.73 Å². The maximum Gasteiger partial charge on any atom is 0.261 e. The van der Waals surface area contributed by atoms with Crippen molar-refractivity contribution in [2.75, 3.05) is 13.6 Å². The number of benzene rings is 1. The highest BCUT2D eigenvalue weighted by Crippen LogP contribution is 2.36. The Morgan fingerprint density at radius 3 is 2.38 bits per heavy atom. The Morgan fingerprint density at radius 1 is 1.15 bits per heavy atom. The van der Waals surface area contributed by atoms with Gasteiger partial charge in [0.2, 0.25) is 0 Å². The number of nitrogens with zero attached hydrogens (tertiary/aromatic N) is 3. The van der Waals surface area contributed by atoms with E-state index in [1.807, 2.05) is 18.2 Å². The molecule has 1 aromatic carbocycles. The molecule has 1 saturated carbocycles. The minimum Gasteiger partial charge on any atom is -0.405 e. The zero-order valence-electron chi connectivity index (χ0n) is 19.5. The molecule has 2 aliphatic heterocycles. The molecule has 0 radical (unpaired) electrons.